The highest BCUT2D eigenvalue weighted by atomic mass is 35.5. The first-order valence-electron chi connectivity index (χ1n) is 11.3. The first kappa shape index (κ1) is 24.2. The second-order valence-corrected chi connectivity index (χ2v) is 10.3. The van der Waals surface area contributed by atoms with Gasteiger partial charge in [0.2, 0.25) is 6.79 Å². The average molecular weight is 551 g/mol. The number of ether oxygens (including phenoxy) is 3. The number of hydrogen-bond donors (Lipinski definition) is 2. The molecule has 6 rings (SSSR count). The SMILES string of the molecule is C[S+]([O-])c1ccc(Cl)c(C(=O)Nc2ccc3c(c2)-c2c(c(C(N)=O)nn2-c2ccc4c(c2)OCO4)CO3)c1. The first-order valence-corrected chi connectivity index (χ1v) is 13.3. The molecule has 192 valence electrons. The number of benzene rings is 3. The summed E-state index contributed by atoms with van der Waals surface area (Å²) in [5.41, 5.74) is 8.69. The maximum absolute atomic E-state index is 13.1. The Balaban J connectivity index is 1.42. The van der Waals surface area contributed by atoms with E-state index in [-0.39, 0.29) is 29.7 Å². The number of hydrogen-bond acceptors (Lipinski definition) is 7. The number of nitrogens with two attached hydrogens (primary N) is 1. The smallest absolute Gasteiger partial charge is 0.269 e. The van der Waals surface area contributed by atoms with Gasteiger partial charge < -0.3 is 29.8 Å². The van der Waals surface area contributed by atoms with Crippen molar-refractivity contribution in [1.82, 2.24) is 9.78 Å². The Hall–Kier alpha value is -4.19. The molecule has 0 saturated heterocycles. The largest absolute Gasteiger partial charge is 0.612 e. The highest BCUT2D eigenvalue weighted by molar-refractivity contribution is 7.90. The molecule has 0 bridgehead atoms. The van der Waals surface area contributed by atoms with Gasteiger partial charge in [-0.15, -0.1) is 0 Å². The van der Waals surface area contributed by atoms with Gasteiger partial charge in [-0.05, 0) is 53.6 Å². The number of halogens is 1. The Bertz CT molecular complexity index is 1640. The van der Waals surface area contributed by atoms with Gasteiger partial charge in [0.1, 0.15) is 18.6 Å². The van der Waals surface area contributed by atoms with Crippen LogP contribution in [0.4, 0.5) is 5.69 Å². The summed E-state index contributed by atoms with van der Waals surface area (Å²) in [5, 5.41) is 7.56. The molecule has 0 radical (unpaired) electrons. The molecule has 0 fully saturated rings. The van der Waals surface area contributed by atoms with E-state index in [4.69, 9.17) is 31.5 Å². The van der Waals surface area contributed by atoms with Gasteiger partial charge >= 0.3 is 0 Å². The van der Waals surface area contributed by atoms with Crippen molar-refractivity contribution in [3.63, 3.8) is 0 Å². The van der Waals surface area contributed by atoms with Crippen molar-refractivity contribution < 1.29 is 28.4 Å². The maximum Gasteiger partial charge on any atom is 0.269 e. The zero-order valence-corrected chi connectivity index (χ0v) is 21.4. The zero-order chi connectivity index (χ0) is 26.6. The van der Waals surface area contributed by atoms with Crippen LogP contribution in [0.3, 0.4) is 0 Å². The third kappa shape index (κ3) is 4.10. The Morgan fingerprint density at radius 2 is 1.84 bits per heavy atom. The number of carbonyl (C=O) groups excluding carboxylic acids is 2. The van der Waals surface area contributed by atoms with Crippen LogP contribution in [0.2, 0.25) is 5.02 Å². The molecule has 0 spiro atoms. The topological polar surface area (TPSA) is 141 Å². The van der Waals surface area contributed by atoms with Crippen molar-refractivity contribution in [3.8, 4) is 34.2 Å². The highest BCUT2D eigenvalue weighted by Gasteiger charge is 2.30. The molecule has 38 heavy (non-hydrogen) atoms. The minimum Gasteiger partial charge on any atom is -0.612 e. The number of nitrogens with one attached hydrogen (secondary N) is 1. The third-order valence-corrected chi connectivity index (χ3v) is 7.44. The minimum atomic E-state index is -1.28. The Kier molecular flexibility index (Phi) is 5.90. The van der Waals surface area contributed by atoms with E-state index in [1.807, 2.05) is 0 Å². The summed E-state index contributed by atoms with van der Waals surface area (Å²) in [6, 6.07) is 15.1. The summed E-state index contributed by atoms with van der Waals surface area (Å²) in [6.45, 7) is 0.205. The fraction of sp³-hybridized carbons (Fsp3) is 0.115. The van der Waals surface area contributed by atoms with Gasteiger partial charge in [0, 0.05) is 28.9 Å². The fourth-order valence-electron chi connectivity index (χ4n) is 4.39. The van der Waals surface area contributed by atoms with Gasteiger partial charge in [0.05, 0.1) is 22.0 Å². The summed E-state index contributed by atoms with van der Waals surface area (Å²) in [6.07, 6.45) is 1.52. The number of carbonyl (C=O) groups is 2. The molecule has 3 N–H and O–H groups in total. The number of primary amides is 1. The Labute approximate surface area is 224 Å². The monoisotopic (exact) mass is 550 g/mol. The van der Waals surface area contributed by atoms with Gasteiger partial charge in [-0.1, -0.05) is 11.6 Å². The van der Waals surface area contributed by atoms with Crippen molar-refractivity contribution in [3.05, 3.63) is 76.4 Å². The van der Waals surface area contributed by atoms with E-state index in [0.29, 0.717) is 50.3 Å². The molecule has 0 aliphatic carbocycles. The third-order valence-electron chi connectivity index (χ3n) is 6.20. The van der Waals surface area contributed by atoms with E-state index in [9.17, 15) is 14.1 Å². The molecule has 3 aromatic carbocycles. The fourth-order valence-corrected chi connectivity index (χ4v) is 5.14. The van der Waals surface area contributed by atoms with Crippen LogP contribution >= 0.6 is 11.6 Å². The summed E-state index contributed by atoms with van der Waals surface area (Å²) >= 11 is 4.97. The molecule has 4 aromatic rings. The van der Waals surface area contributed by atoms with Crippen molar-refractivity contribution >= 4 is 40.3 Å². The highest BCUT2D eigenvalue weighted by Crippen LogP contribution is 2.43. The van der Waals surface area contributed by atoms with Crippen LogP contribution in [0.25, 0.3) is 16.9 Å². The van der Waals surface area contributed by atoms with Gasteiger partial charge in [0.15, 0.2) is 22.1 Å². The van der Waals surface area contributed by atoms with Crippen molar-refractivity contribution in [2.75, 3.05) is 18.4 Å². The van der Waals surface area contributed by atoms with Crippen LogP contribution in [-0.2, 0) is 17.8 Å². The molecule has 2 aliphatic rings. The summed E-state index contributed by atoms with van der Waals surface area (Å²) in [4.78, 5) is 25.8. The molecule has 12 heteroatoms. The van der Waals surface area contributed by atoms with Crippen molar-refractivity contribution in [2.45, 2.75) is 11.5 Å². The number of anilines is 1. The summed E-state index contributed by atoms with van der Waals surface area (Å²) in [7, 11) is 0. The molecule has 0 saturated carbocycles. The van der Waals surface area contributed by atoms with Gasteiger partial charge in [-0.25, -0.2) is 4.68 Å². The number of amides is 2. The zero-order valence-electron chi connectivity index (χ0n) is 19.8. The number of nitrogens with zero attached hydrogens (tertiary/aromatic N) is 2. The molecule has 10 nitrogen and oxygen atoms in total. The number of rotatable bonds is 5. The molecular formula is C26H19ClN4O6S. The van der Waals surface area contributed by atoms with Crippen molar-refractivity contribution in [1.29, 1.82) is 0 Å². The summed E-state index contributed by atoms with van der Waals surface area (Å²) in [5.74, 6) is 0.525. The molecular weight excluding hydrogens is 532 g/mol. The molecule has 2 aliphatic heterocycles. The van der Waals surface area contributed by atoms with Crippen molar-refractivity contribution in [2.24, 2.45) is 5.73 Å². The van der Waals surface area contributed by atoms with Crippen LogP contribution < -0.4 is 25.3 Å². The van der Waals surface area contributed by atoms with E-state index in [1.54, 1.807) is 47.1 Å². The van der Waals surface area contributed by atoms with Gasteiger partial charge in [-0.2, -0.15) is 5.10 Å². The quantitative estimate of drug-likeness (QED) is 0.359. The number of fused-ring (bicyclic) bond motifs is 4. The lowest BCUT2D eigenvalue weighted by atomic mass is 10.0. The molecule has 1 unspecified atom stereocenters. The Morgan fingerprint density at radius 3 is 2.63 bits per heavy atom. The lowest BCUT2D eigenvalue weighted by Gasteiger charge is -2.21. The van der Waals surface area contributed by atoms with Crippen LogP contribution in [0.5, 0.6) is 17.2 Å². The maximum atomic E-state index is 13.1. The molecule has 2 amide bonds. The normalized spacial score (nSPS) is 13.8. The molecule has 3 heterocycles. The van der Waals surface area contributed by atoms with E-state index in [1.165, 1.54) is 18.4 Å². The van der Waals surface area contributed by atoms with E-state index in [2.05, 4.69) is 10.4 Å². The molecule has 1 aromatic heterocycles. The number of aromatic nitrogens is 2. The van der Waals surface area contributed by atoms with E-state index < -0.39 is 23.0 Å². The second-order valence-electron chi connectivity index (χ2n) is 8.54. The Morgan fingerprint density at radius 1 is 1.05 bits per heavy atom. The van der Waals surface area contributed by atoms with Crippen LogP contribution in [-0.4, -0.2) is 39.2 Å². The van der Waals surface area contributed by atoms with Crippen LogP contribution in [0.15, 0.2) is 59.5 Å². The average Bonchev–Trinajstić information content (AvgIpc) is 3.53. The summed E-state index contributed by atoms with van der Waals surface area (Å²) < 4.78 is 30.3. The van der Waals surface area contributed by atoms with Gasteiger partial charge in [-0.3, -0.25) is 9.59 Å². The lowest BCUT2D eigenvalue weighted by Crippen LogP contribution is -2.16. The predicted octanol–water partition coefficient (Wildman–Crippen LogP) is 3.90. The minimum absolute atomic E-state index is 0.0777. The lowest BCUT2D eigenvalue weighted by molar-refractivity contribution is 0.0990. The second kappa shape index (κ2) is 9.28. The van der Waals surface area contributed by atoms with Gasteiger partial charge in [0.25, 0.3) is 11.8 Å². The van der Waals surface area contributed by atoms with Crippen LogP contribution in [0.1, 0.15) is 26.4 Å². The first-order chi connectivity index (χ1) is 18.3. The van der Waals surface area contributed by atoms with Crippen LogP contribution in [0, 0.1) is 0 Å². The van der Waals surface area contributed by atoms with E-state index in [0.717, 1.165) is 0 Å². The standard InChI is InChI=1S/C26H19ClN4O6S/c1-38(34)15-4-5-19(27)16(10-15)26(33)29-13-2-6-20-17(8-13)24-18(11-35-20)23(25(28)32)30-31(24)14-3-7-21-22(9-14)37-12-36-21/h2-10H,11-12H2,1H3,(H2,28,32)(H,29,33). The molecule has 1 atom stereocenters. The van der Waals surface area contributed by atoms with E-state index >= 15 is 0 Å². The predicted molar refractivity (Wildman–Crippen MR) is 140 cm³/mol.